The van der Waals surface area contributed by atoms with Crippen molar-refractivity contribution in [2.45, 2.75) is 25.7 Å². The second-order valence-electron chi connectivity index (χ2n) is 5.97. The van der Waals surface area contributed by atoms with Crippen molar-refractivity contribution in [2.24, 2.45) is 5.10 Å². The molecular formula is C19H22N2O6S. The average molecular weight is 406 g/mol. The Hall–Kier alpha value is -3.07. The Balaban J connectivity index is 2.31. The molecule has 0 spiro atoms. The Morgan fingerprint density at radius 2 is 1.68 bits per heavy atom. The summed E-state index contributed by atoms with van der Waals surface area (Å²) in [7, 11) is -1.00. The maximum atomic E-state index is 12.5. The van der Waals surface area contributed by atoms with Crippen molar-refractivity contribution in [2.75, 3.05) is 14.2 Å². The lowest BCUT2D eigenvalue weighted by Crippen LogP contribution is -2.19. The number of esters is 1. The van der Waals surface area contributed by atoms with E-state index < -0.39 is 16.0 Å². The number of benzene rings is 2. The van der Waals surface area contributed by atoms with Crippen molar-refractivity contribution < 1.29 is 27.4 Å². The van der Waals surface area contributed by atoms with E-state index in [0.717, 1.165) is 5.56 Å². The largest absolute Gasteiger partial charge is 0.493 e. The minimum absolute atomic E-state index is 0.130. The van der Waals surface area contributed by atoms with Crippen molar-refractivity contribution in [1.29, 1.82) is 0 Å². The number of hydrogen-bond acceptors (Lipinski definition) is 7. The van der Waals surface area contributed by atoms with Gasteiger partial charge in [0, 0.05) is 12.5 Å². The number of hydrazone groups is 1. The molecule has 28 heavy (non-hydrogen) atoms. The topological polar surface area (TPSA) is 103 Å². The van der Waals surface area contributed by atoms with Crippen molar-refractivity contribution in [3.05, 3.63) is 47.0 Å². The molecule has 0 saturated heterocycles. The standard InChI is InChI=1S/C19H22N2O6S/c1-12-6-7-13(2)18(8-12)28(23,24)21-20-11-15-9-16(25-4)19(27-14(3)22)17(10-15)26-5/h6-11,21H,1-5H3/b20-11+. The molecule has 2 aromatic carbocycles. The Morgan fingerprint density at radius 1 is 1.07 bits per heavy atom. The number of sulfonamides is 1. The molecule has 8 nitrogen and oxygen atoms in total. The summed E-state index contributed by atoms with van der Waals surface area (Å²) in [6, 6.07) is 8.22. The molecule has 0 saturated carbocycles. The SMILES string of the molecule is COc1cc(/C=N/NS(=O)(=O)c2cc(C)ccc2C)cc(OC)c1OC(C)=O. The number of hydrogen-bond donors (Lipinski definition) is 1. The van der Waals surface area contributed by atoms with Crippen molar-refractivity contribution >= 4 is 22.2 Å². The van der Waals surface area contributed by atoms with E-state index >= 15 is 0 Å². The van der Waals surface area contributed by atoms with E-state index in [1.807, 2.05) is 13.0 Å². The summed E-state index contributed by atoms with van der Waals surface area (Å²) in [5.74, 6) is 0.0895. The van der Waals surface area contributed by atoms with Crippen LogP contribution in [0, 0.1) is 13.8 Å². The van der Waals surface area contributed by atoms with Gasteiger partial charge >= 0.3 is 5.97 Å². The van der Waals surface area contributed by atoms with E-state index in [4.69, 9.17) is 14.2 Å². The normalized spacial score (nSPS) is 11.3. The highest BCUT2D eigenvalue weighted by molar-refractivity contribution is 7.89. The van der Waals surface area contributed by atoms with Crippen LogP contribution >= 0.6 is 0 Å². The molecule has 0 aromatic heterocycles. The van der Waals surface area contributed by atoms with Gasteiger partial charge in [0.2, 0.25) is 5.75 Å². The molecule has 0 bridgehead atoms. The smallest absolute Gasteiger partial charge is 0.308 e. The predicted molar refractivity (Wildman–Crippen MR) is 105 cm³/mol. The zero-order valence-electron chi connectivity index (χ0n) is 16.3. The van der Waals surface area contributed by atoms with Gasteiger partial charge in [0.15, 0.2) is 11.5 Å². The third kappa shape index (κ3) is 5.01. The van der Waals surface area contributed by atoms with Crippen LogP contribution in [0.3, 0.4) is 0 Å². The fourth-order valence-electron chi connectivity index (χ4n) is 2.44. The number of aryl methyl sites for hydroxylation is 2. The van der Waals surface area contributed by atoms with Gasteiger partial charge in [-0.15, -0.1) is 0 Å². The van der Waals surface area contributed by atoms with Crippen molar-refractivity contribution in [3.8, 4) is 17.2 Å². The molecule has 0 aliphatic carbocycles. The molecule has 0 heterocycles. The van der Waals surface area contributed by atoms with Crippen LogP contribution in [0.15, 0.2) is 40.3 Å². The number of nitrogens with one attached hydrogen (secondary N) is 1. The molecular weight excluding hydrogens is 384 g/mol. The molecule has 0 aliphatic heterocycles. The minimum atomic E-state index is -3.82. The molecule has 2 aromatic rings. The monoisotopic (exact) mass is 406 g/mol. The van der Waals surface area contributed by atoms with Gasteiger partial charge < -0.3 is 14.2 Å². The molecule has 0 amide bonds. The minimum Gasteiger partial charge on any atom is -0.493 e. The first-order valence-corrected chi connectivity index (χ1v) is 9.73. The number of rotatable bonds is 7. The molecule has 0 aliphatic rings. The van der Waals surface area contributed by atoms with Crippen molar-refractivity contribution in [3.63, 3.8) is 0 Å². The van der Waals surface area contributed by atoms with Crippen LogP contribution < -0.4 is 19.0 Å². The lowest BCUT2D eigenvalue weighted by molar-refractivity contribution is -0.132. The van der Waals surface area contributed by atoms with Crippen LogP contribution in [-0.4, -0.2) is 34.8 Å². The van der Waals surface area contributed by atoms with E-state index in [1.54, 1.807) is 19.1 Å². The highest BCUT2D eigenvalue weighted by atomic mass is 32.2. The number of carbonyl (C=O) groups is 1. The average Bonchev–Trinajstić information content (AvgIpc) is 2.63. The third-order valence-electron chi connectivity index (χ3n) is 3.75. The molecule has 1 N–H and O–H groups in total. The van der Waals surface area contributed by atoms with Gasteiger partial charge in [-0.3, -0.25) is 4.79 Å². The van der Waals surface area contributed by atoms with E-state index in [1.165, 1.54) is 39.5 Å². The summed E-state index contributed by atoms with van der Waals surface area (Å²) in [6.07, 6.45) is 1.30. The summed E-state index contributed by atoms with van der Waals surface area (Å²) in [4.78, 5) is 13.6. The van der Waals surface area contributed by atoms with E-state index in [9.17, 15) is 13.2 Å². The summed E-state index contributed by atoms with van der Waals surface area (Å²) < 4.78 is 40.5. The van der Waals surface area contributed by atoms with Gasteiger partial charge in [-0.05, 0) is 43.2 Å². The first kappa shape index (κ1) is 21.2. The quantitative estimate of drug-likeness (QED) is 0.328. The second kappa shape index (κ2) is 8.75. The van der Waals surface area contributed by atoms with Crippen molar-refractivity contribution in [1.82, 2.24) is 4.83 Å². The van der Waals surface area contributed by atoms with Gasteiger partial charge in [0.05, 0.1) is 25.3 Å². The zero-order chi connectivity index (χ0) is 20.9. The summed E-state index contributed by atoms with van der Waals surface area (Å²) in [5, 5.41) is 3.82. The maximum absolute atomic E-state index is 12.5. The van der Waals surface area contributed by atoms with Crippen LogP contribution in [0.5, 0.6) is 17.2 Å². The molecule has 0 atom stereocenters. The number of ether oxygens (including phenoxy) is 3. The first-order valence-electron chi connectivity index (χ1n) is 8.24. The van der Waals surface area contributed by atoms with Crippen LogP contribution in [0.4, 0.5) is 0 Å². The molecule has 0 radical (unpaired) electrons. The lowest BCUT2D eigenvalue weighted by Gasteiger charge is -2.13. The molecule has 0 fully saturated rings. The second-order valence-corrected chi connectivity index (χ2v) is 7.60. The van der Waals surface area contributed by atoms with Gasteiger partial charge in [-0.2, -0.15) is 13.5 Å². The summed E-state index contributed by atoms with van der Waals surface area (Å²) in [6.45, 7) is 4.78. The Kier molecular flexibility index (Phi) is 6.63. The summed E-state index contributed by atoms with van der Waals surface area (Å²) in [5.41, 5.74) is 1.92. The molecule has 150 valence electrons. The van der Waals surface area contributed by atoms with Gasteiger partial charge in [0.1, 0.15) is 0 Å². The summed E-state index contributed by atoms with van der Waals surface area (Å²) >= 11 is 0. The molecule has 2 rings (SSSR count). The number of methoxy groups -OCH3 is 2. The van der Waals surface area contributed by atoms with E-state index in [0.29, 0.717) is 11.1 Å². The maximum Gasteiger partial charge on any atom is 0.308 e. The highest BCUT2D eigenvalue weighted by Crippen LogP contribution is 2.38. The van der Waals surface area contributed by atoms with Crippen LogP contribution in [0.2, 0.25) is 0 Å². The Labute approximate surface area is 164 Å². The fourth-order valence-corrected chi connectivity index (χ4v) is 3.56. The Bertz CT molecular complexity index is 990. The van der Waals surface area contributed by atoms with Gasteiger partial charge in [0.25, 0.3) is 10.0 Å². The number of nitrogens with zero attached hydrogens (tertiary/aromatic N) is 1. The van der Waals surface area contributed by atoms with Crippen LogP contribution in [-0.2, 0) is 14.8 Å². The van der Waals surface area contributed by atoms with Crippen LogP contribution in [0.1, 0.15) is 23.6 Å². The van der Waals surface area contributed by atoms with E-state index in [2.05, 4.69) is 9.93 Å². The van der Waals surface area contributed by atoms with E-state index in [-0.39, 0.29) is 22.1 Å². The lowest BCUT2D eigenvalue weighted by atomic mass is 10.2. The molecule has 9 heteroatoms. The van der Waals surface area contributed by atoms with Gasteiger partial charge in [-0.1, -0.05) is 12.1 Å². The zero-order valence-corrected chi connectivity index (χ0v) is 17.1. The van der Waals surface area contributed by atoms with Gasteiger partial charge in [-0.25, -0.2) is 4.83 Å². The molecule has 0 unspecified atom stereocenters. The fraction of sp³-hybridized carbons (Fsp3) is 0.263. The first-order chi connectivity index (χ1) is 13.2. The highest BCUT2D eigenvalue weighted by Gasteiger charge is 2.17. The predicted octanol–water partition coefficient (Wildman–Crippen LogP) is 2.56. The van der Waals surface area contributed by atoms with Crippen LogP contribution in [0.25, 0.3) is 0 Å². The Morgan fingerprint density at radius 3 is 2.21 bits per heavy atom. The third-order valence-corrected chi connectivity index (χ3v) is 5.11. The number of carbonyl (C=O) groups excluding carboxylic acids is 1.